The summed E-state index contributed by atoms with van der Waals surface area (Å²) in [7, 11) is 0. The SMILES string of the molecule is Cc1nc(COc2ccc(C(=O)NC(C(N)=O)c3ccccc3)cc2)no1. The Kier molecular flexibility index (Phi) is 5.46. The molecule has 8 heteroatoms. The number of hydrogen-bond acceptors (Lipinski definition) is 6. The van der Waals surface area contributed by atoms with E-state index in [-0.39, 0.29) is 6.61 Å². The highest BCUT2D eigenvalue weighted by Crippen LogP contribution is 2.16. The summed E-state index contributed by atoms with van der Waals surface area (Å²) in [5.74, 6) is 0.390. The molecule has 0 radical (unpaired) electrons. The minimum atomic E-state index is -0.906. The maximum absolute atomic E-state index is 12.4. The normalized spacial score (nSPS) is 11.6. The molecular formula is C19H18N4O4. The summed E-state index contributed by atoms with van der Waals surface area (Å²) in [6.07, 6.45) is 0. The van der Waals surface area contributed by atoms with E-state index in [0.717, 1.165) is 0 Å². The van der Waals surface area contributed by atoms with E-state index in [1.54, 1.807) is 55.5 Å². The Labute approximate surface area is 155 Å². The standard InChI is InChI=1S/C19H18N4O4/c1-12-21-16(23-27-12)11-26-15-9-7-14(8-10-15)19(25)22-17(18(20)24)13-5-3-2-4-6-13/h2-10,17H,11H2,1H3,(H2,20,24)(H,22,25). The molecule has 2 amide bonds. The predicted molar refractivity (Wildman–Crippen MR) is 95.7 cm³/mol. The van der Waals surface area contributed by atoms with Crippen LogP contribution in [0.3, 0.4) is 0 Å². The van der Waals surface area contributed by atoms with Crippen LogP contribution in [0.5, 0.6) is 5.75 Å². The van der Waals surface area contributed by atoms with Crippen molar-refractivity contribution in [3.8, 4) is 5.75 Å². The fourth-order valence-electron chi connectivity index (χ4n) is 2.43. The molecule has 0 saturated carbocycles. The van der Waals surface area contributed by atoms with Gasteiger partial charge in [-0.2, -0.15) is 4.98 Å². The number of carbonyl (C=O) groups excluding carboxylic acids is 2. The van der Waals surface area contributed by atoms with E-state index in [2.05, 4.69) is 15.5 Å². The van der Waals surface area contributed by atoms with Gasteiger partial charge in [-0.15, -0.1) is 0 Å². The molecule has 0 aliphatic carbocycles. The van der Waals surface area contributed by atoms with Crippen LogP contribution < -0.4 is 15.8 Å². The highest BCUT2D eigenvalue weighted by molar-refractivity contribution is 5.97. The topological polar surface area (TPSA) is 120 Å². The average Bonchev–Trinajstić information content (AvgIpc) is 3.10. The Morgan fingerprint density at radius 3 is 2.44 bits per heavy atom. The van der Waals surface area contributed by atoms with Crippen LogP contribution in [0, 0.1) is 6.92 Å². The molecule has 3 rings (SSSR count). The quantitative estimate of drug-likeness (QED) is 0.659. The molecule has 8 nitrogen and oxygen atoms in total. The summed E-state index contributed by atoms with van der Waals surface area (Å²) >= 11 is 0. The second kappa shape index (κ2) is 8.13. The van der Waals surface area contributed by atoms with Gasteiger partial charge in [0.2, 0.25) is 17.6 Å². The summed E-state index contributed by atoms with van der Waals surface area (Å²) in [5.41, 5.74) is 6.42. The molecule has 27 heavy (non-hydrogen) atoms. The number of amides is 2. The van der Waals surface area contributed by atoms with Gasteiger partial charge in [-0.3, -0.25) is 9.59 Å². The number of primary amides is 1. The van der Waals surface area contributed by atoms with E-state index < -0.39 is 17.9 Å². The van der Waals surface area contributed by atoms with Gasteiger partial charge in [0.25, 0.3) is 5.91 Å². The van der Waals surface area contributed by atoms with Gasteiger partial charge in [-0.1, -0.05) is 35.5 Å². The van der Waals surface area contributed by atoms with Crippen molar-refractivity contribution in [2.24, 2.45) is 5.73 Å². The summed E-state index contributed by atoms with van der Waals surface area (Å²) in [4.78, 5) is 28.2. The van der Waals surface area contributed by atoms with Gasteiger partial charge in [0.15, 0.2) is 6.61 Å². The summed E-state index contributed by atoms with van der Waals surface area (Å²) in [5, 5.41) is 6.38. The van der Waals surface area contributed by atoms with E-state index in [4.69, 9.17) is 15.0 Å². The molecule has 1 unspecified atom stereocenters. The van der Waals surface area contributed by atoms with Crippen molar-refractivity contribution in [3.63, 3.8) is 0 Å². The summed E-state index contributed by atoms with van der Waals surface area (Å²) in [6, 6.07) is 14.4. The van der Waals surface area contributed by atoms with Crippen LogP contribution in [0.1, 0.15) is 33.7 Å². The number of nitrogens with one attached hydrogen (secondary N) is 1. The number of nitrogens with zero attached hydrogens (tertiary/aromatic N) is 2. The minimum absolute atomic E-state index is 0.153. The lowest BCUT2D eigenvalue weighted by Crippen LogP contribution is -2.37. The van der Waals surface area contributed by atoms with Crippen molar-refractivity contribution in [1.82, 2.24) is 15.5 Å². The molecule has 1 atom stereocenters. The molecule has 0 fully saturated rings. The predicted octanol–water partition coefficient (Wildman–Crippen LogP) is 1.91. The van der Waals surface area contributed by atoms with E-state index in [1.165, 1.54) is 0 Å². The highest BCUT2D eigenvalue weighted by Gasteiger charge is 2.20. The zero-order chi connectivity index (χ0) is 19.2. The molecule has 1 heterocycles. The van der Waals surface area contributed by atoms with Crippen molar-refractivity contribution in [2.75, 3.05) is 0 Å². The van der Waals surface area contributed by atoms with Gasteiger partial charge in [0.05, 0.1) is 0 Å². The number of rotatable bonds is 7. The zero-order valence-corrected chi connectivity index (χ0v) is 14.6. The monoisotopic (exact) mass is 366 g/mol. The van der Waals surface area contributed by atoms with Crippen LogP contribution in [0.4, 0.5) is 0 Å². The third-order valence-corrected chi connectivity index (χ3v) is 3.75. The number of aryl methyl sites for hydroxylation is 1. The lowest BCUT2D eigenvalue weighted by molar-refractivity contribution is -0.120. The van der Waals surface area contributed by atoms with Crippen molar-refractivity contribution >= 4 is 11.8 Å². The summed E-state index contributed by atoms with van der Waals surface area (Å²) in [6.45, 7) is 1.85. The number of carbonyl (C=O) groups is 2. The number of ether oxygens (including phenoxy) is 1. The zero-order valence-electron chi connectivity index (χ0n) is 14.6. The van der Waals surface area contributed by atoms with Crippen molar-refractivity contribution in [3.05, 3.63) is 77.4 Å². The van der Waals surface area contributed by atoms with Crippen LogP contribution in [0.2, 0.25) is 0 Å². The first-order valence-electron chi connectivity index (χ1n) is 8.20. The third-order valence-electron chi connectivity index (χ3n) is 3.75. The second-order valence-electron chi connectivity index (χ2n) is 5.76. The summed E-state index contributed by atoms with van der Waals surface area (Å²) < 4.78 is 10.4. The van der Waals surface area contributed by atoms with E-state index >= 15 is 0 Å². The Morgan fingerprint density at radius 2 is 1.85 bits per heavy atom. The molecule has 3 aromatic rings. The first kappa shape index (κ1) is 18.1. The minimum Gasteiger partial charge on any atom is -0.485 e. The third kappa shape index (κ3) is 4.69. The Balaban J connectivity index is 1.63. The second-order valence-corrected chi connectivity index (χ2v) is 5.76. The Bertz CT molecular complexity index is 922. The molecule has 0 aliphatic heterocycles. The number of benzene rings is 2. The molecule has 2 aromatic carbocycles. The van der Waals surface area contributed by atoms with Crippen LogP contribution in [-0.2, 0) is 11.4 Å². The van der Waals surface area contributed by atoms with Crippen molar-refractivity contribution in [1.29, 1.82) is 0 Å². The van der Waals surface area contributed by atoms with Gasteiger partial charge in [0, 0.05) is 12.5 Å². The average molecular weight is 366 g/mol. The van der Waals surface area contributed by atoms with Crippen LogP contribution >= 0.6 is 0 Å². The molecule has 3 N–H and O–H groups in total. The van der Waals surface area contributed by atoms with Gasteiger partial charge in [-0.05, 0) is 29.8 Å². The molecule has 0 spiro atoms. The Morgan fingerprint density at radius 1 is 1.15 bits per heavy atom. The van der Waals surface area contributed by atoms with Gasteiger partial charge in [0.1, 0.15) is 11.8 Å². The molecule has 1 aromatic heterocycles. The van der Waals surface area contributed by atoms with Gasteiger partial charge in [-0.25, -0.2) is 0 Å². The van der Waals surface area contributed by atoms with Crippen molar-refractivity contribution < 1.29 is 18.8 Å². The fraction of sp³-hybridized carbons (Fsp3) is 0.158. The molecule has 138 valence electrons. The molecule has 0 bridgehead atoms. The number of nitrogens with two attached hydrogens (primary N) is 1. The maximum atomic E-state index is 12.4. The molecule has 0 aliphatic rings. The van der Waals surface area contributed by atoms with Gasteiger partial charge < -0.3 is 20.3 Å². The van der Waals surface area contributed by atoms with Crippen LogP contribution in [0.15, 0.2) is 59.1 Å². The van der Waals surface area contributed by atoms with Gasteiger partial charge >= 0.3 is 0 Å². The van der Waals surface area contributed by atoms with Crippen LogP contribution in [-0.4, -0.2) is 22.0 Å². The maximum Gasteiger partial charge on any atom is 0.252 e. The first-order valence-corrected chi connectivity index (χ1v) is 8.20. The molecule has 0 saturated heterocycles. The Hall–Kier alpha value is -3.68. The lowest BCUT2D eigenvalue weighted by Gasteiger charge is -2.16. The largest absolute Gasteiger partial charge is 0.485 e. The number of hydrogen-bond donors (Lipinski definition) is 2. The van der Waals surface area contributed by atoms with E-state index in [1.807, 2.05) is 6.07 Å². The van der Waals surface area contributed by atoms with E-state index in [9.17, 15) is 9.59 Å². The van der Waals surface area contributed by atoms with Crippen molar-refractivity contribution in [2.45, 2.75) is 19.6 Å². The fourth-order valence-corrected chi connectivity index (χ4v) is 2.43. The highest BCUT2D eigenvalue weighted by atomic mass is 16.5. The first-order chi connectivity index (χ1) is 13.0. The number of aromatic nitrogens is 2. The van der Waals surface area contributed by atoms with Crippen LogP contribution in [0.25, 0.3) is 0 Å². The molecular weight excluding hydrogens is 348 g/mol. The van der Waals surface area contributed by atoms with E-state index in [0.29, 0.717) is 28.6 Å². The lowest BCUT2D eigenvalue weighted by atomic mass is 10.1. The smallest absolute Gasteiger partial charge is 0.252 e.